The minimum absolute atomic E-state index is 0.0160. The fourth-order valence-corrected chi connectivity index (χ4v) is 1.93. The van der Waals surface area contributed by atoms with Crippen molar-refractivity contribution < 1.29 is 13.9 Å². The third-order valence-corrected chi connectivity index (χ3v) is 2.87. The van der Waals surface area contributed by atoms with Crippen LogP contribution in [0.25, 0.3) is 11.3 Å². The summed E-state index contributed by atoms with van der Waals surface area (Å²) in [6, 6.07) is 4.54. The summed E-state index contributed by atoms with van der Waals surface area (Å²) >= 11 is 2.05. The van der Waals surface area contributed by atoms with Crippen LogP contribution >= 0.6 is 22.6 Å². The molecule has 0 aliphatic carbocycles. The van der Waals surface area contributed by atoms with Crippen molar-refractivity contribution in [2.75, 3.05) is 6.61 Å². The Morgan fingerprint density at radius 1 is 1.50 bits per heavy atom. The topological polar surface area (TPSA) is 67.9 Å². The maximum atomic E-state index is 13.7. The lowest BCUT2D eigenvalue weighted by atomic mass is 10.1. The van der Waals surface area contributed by atoms with Crippen LogP contribution < -0.4 is 0 Å². The van der Waals surface area contributed by atoms with E-state index in [1.807, 2.05) is 0 Å². The molecule has 0 aliphatic rings. The first-order chi connectivity index (χ1) is 8.63. The van der Waals surface area contributed by atoms with Gasteiger partial charge in [0, 0.05) is 9.13 Å². The number of hydrogen-bond acceptors (Lipinski definition) is 4. The number of H-pyrrole nitrogens is 1. The lowest BCUT2D eigenvalue weighted by Gasteiger charge is -2.03. The van der Waals surface area contributed by atoms with Crippen LogP contribution in [0.1, 0.15) is 17.4 Å². The maximum absolute atomic E-state index is 13.7. The number of nitrogens with zero attached hydrogens (tertiary/aromatic N) is 2. The van der Waals surface area contributed by atoms with E-state index in [2.05, 4.69) is 38.0 Å². The predicted molar refractivity (Wildman–Crippen MR) is 70.5 cm³/mol. The molecule has 1 N–H and O–H groups in total. The van der Waals surface area contributed by atoms with Crippen LogP contribution in [0, 0.1) is 9.39 Å². The molecule has 0 aliphatic heterocycles. The average Bonchev–Trinajstić information content (AvgIpc) is 2.81. The fraction of sp³-hybridized carbons (Fsp3) is 0.182. The molecule has 0 atom stereocenters. The summed E-state index contributed by atoms with van der Waals surface area (Å²) in [4.78, 5) is 11.6. The predicted octanol–water partition coefficient (Wildman–Crippen LogP) is 2.39. The molecule has 5 nitrogen and oxygen atoms in total. The number of halogens is 2. The standard InChI is InChI=1S/C11H9FIN3O2/c1-2-18-11(17)10-9(14-16-15-10)7-5-6(13)3-4-8(7)12/h3-5H,2H2,1H3,(H,14,15,16). The Hall–Kier alpha value is -1.51. The second-order valence-electron chi connectivity index (χ2n) is 3.37. The van der Waals surface area contributed by atoms with Crippen LogP contribution in [-0.2, 0) is 4.74 Å². The first-order valence-electron chi connectivity index (χ1n) is 5.16. The zero-order valence-electron chi connectivity index (χ0n) is 9.41. The van der Waals surface area contributed by atoms with E-state index in [0.29, 0.717) is 0 Å². The van der Waals surface area contributed by atoms with E-state index in [-0.39, 0.29) is 23.6 Å². The molecule has 2 aromatic rings. The molecule has 2 rings (SSSR count). The molecule has 1 aromatic carbocycles. The highest BCUT2D eigenvalue weighted by molar-refractivity contribution is 14.1. The maximum Gasteiger partial charge on any atom is 0.361 e. The smallest absolute Gasteiger partial charge is 0.361 e. The summed E-state index contributed by atoms with van der Waals surface area (Å²) in [6.45, 7) is 1.91. The summed E-state index contributed by atoms with van der Waals surface area (Å²) in [5.41, 5.74) is 0.362. The van der Waals surface area contributed by atoms with Gasteiger partial charge in [0.1, 0.15) is 11.5 Å². The Morgan fingerprint density at radius 3 is 3.00 bits per heavy atom. The molecule has 0 radical (unpaired) electrons. The van der Waals surface area contributed by atoms with Gasteiger partial charge in [0.15, 0.2) is 5.69 Å². The Balaban J connectivity index is 2.48. The van der Waals surface area contributed by atoms with Gasteiger partial charge in [-0.3, -0.25) is 0 Å². The summed E-state index contributed by atoms with van der Waals surface area (Å²) < 4.78 is 19.4. The molecule has 0 fully saturated rings. The van der Waals surface area contributed by atoms with Crippen LogP contribution in [-0.4, -0.2) is 28.0 Å². The number of carbonyl (C=O) groups is 1. The lowest BCUT2D eigenvalue weighted by molar-refractivity contribution is 0.0520. The Labute approximate surface area is 116 Å². The SMILES string of the molecule is CCOC(=O)c1n[nH]nc1-c1cc(I)ccc1F. The summed E-state index contributed by atoms with van der Waals surface area (Å²) in [7, 11) is 0. The van der Waals surface area contributed by atoms with E-state index in [9.17, 15) is 9.18 Å². The number of hydrogen-bond donors (Lipinski definition) is 1. The fourth-order valence-electron chi connectivity index (χ4n) is 1.44. The molecule has 0 unspecified atom stereocenters. The van der Waals surface area contributed by atoms with Gasteiger partial charge in [-0.1, -0.05) is 0 Å². The van der Waals surface area contributed by atoms with Crippen molar-refractivity contribution in [3.8, 4) is 11.3 Å². The monoisotopic (exact) mass is 361 g/mol. The minimum Gasteiger partial charge on any atom is -0.461 e. The van der Waals surface area contributed by atoms with Gasteiger partial charge in [0.25, 0.3) is 0 Å². The third kappa shape index (κ3) is 2.50. The first kappa shape index (κ1) is 12.9. The largest absolute Gasteiger partial charge is 0.461 e. The van der Waals surface area contributed by atoms with Crippen LogP contribution in [0.4, 0.5) is 4.39 Å². The van der Waals surface area contributed by atoms with Gasteiger partial charge in [-0.25, -0.2) is 9.18 Å². The Bertz CT molecular complexity index is 585. The molecule has 7 heteroatoms. The number of aromatic amines is 1. The van der Waals surface area contributed by atoms with E-state index in [4.69, 9.17) is 4.74 Å². The Kier molecular flexibility index (Phi) is 3.90. The summed E-state index contributed by atoms with van der Waals surface area (Å²) in [6.07, 6.45) is 0. The van der Waals surface area contributed by atoms with E-state index in [1.54, 1.807) is 19.1 Å². The van der Waals surface area contributed by atoms with Crippen molar-refractivity contribution in [2.45, 2.75) is 6.92 Å². The van der Waals surface area contributed by atoms with E-state index in [0.717, 1.165) is 3.57 Å². The molecule has 0 bridgehead atoms. The number of rotatable bonds is 3. The van der Waals surface area contributed by atoms with E-state index >= 15 is 0 Å². The van der Waals surface area contributed by atoms with Gasteiger partial charge in [-0.05, 0) is 47.7 Å². The van der Waals surface area contributed by atoms with Crippen LogP contribution in [0.3, 0.4) is 0 Å². The highest BCUT2D eigenvalue weighted by Crippen LogP contribution is 2.25. The second-order valence-corrected chi connectivity index (χ2v) is 4.61. The number of aromatic nitrogens is 3. The van der Waals surface area contributed by atoms with Crippen molar-refractivity contribution in [1.82, 2.24) is 15.4 Å². The molecule has 18 heavy (non-hydrogen) atoms. The molecule has 1 heterocycles. The summed E-state index contributed by atoms with van der Waals surface area (Å²) in [5, 5.41) is 9.83. The van der Waals surface area contributed by atoms with Gasteiger partial charge >= 0.3 is 5.97 Å². The van der Waals surface area contributed by atoms with E-state index in [1.165, 1.54) is 6.07 Å². The molecule has 94 valence electrons. The first-order valence-corrected chi connectivity index (χ1v) is 6.24. The molecular weight excluding hydrogens is 352 g/mol. The number of nitrogens with one attached hydrogen (secondary N) is 1. The highest BCUT2D eigenvalue weighted by atomic mass is 127. The number of carbonyl (C=O) groups excluding carboxylic acids is 1. The van der Waals surface area contributed by atoms with Crippen LogP contribution in [0.15, 0.2) is 18.2 Å². The Morgan fingerprint density at radius 2 is 2.28 bits per heavy atom. The average molecular weight is 361 g/mol. The van der Waals surface area contributed by atoms with Gasteiger partial charge in [-0.15, -0.1) is 5.10 Å². The van der Waals surface area contributed by atoms with Crippen molar-refractivity contribution >= 4 is 28.6 Å². The minimum atomic E-state index is -0.625. The lowest BCUT2D eigenvalue weighted by Crippen LogP contribution is -2.07. The zero-order chi connectivity index (χ0) is 13.1. The van der Waals surface area contributed by atoms with Gasteiger partial charge in [0.05, 0.1) is 6.61 Å². The van der Waals surface area contributed by atoms with Gasteiger partial charge in [-0.2, -0.15) is 10.3 Å². The van der Waals surface area contributed by atoms with Crippen molar-refractivity contribution in [2.24, 2.45) is 0 Å². The molecule has 1 aromatic heterocycles. The quantitative estimate of drug-likeness (QED) is 0.674. The second kappa shape index (κ2) is 5.42. The van der Waals surface area contributed by atoms with Crippen LogP contribution in [0.5, 0.6) is 0 Å². The third-order valence-electron chi connectivity index (χ3n) is 2.20. The molecule has 0 saturated heterocycles. The molecule has 0 amide bonds. The number of esters is 1. The van der Waals surface area contributed by atoms with E-state index < -0.39 is 11.8 Å². The van der Waals surface area contributed by atoms with Crippen molar-refractivity contribution in [3.63, 3.8) is 0 Å². The normalized spacial score (nSPS) is 10.4. The van der Waals surface area contributed by atoms with Crippen LogP contribution in [0.2, 0.25) is 0 Å². The number of benzene rings is 1. The van der Waals surface area contributed by atoms with Crippen molar-refractivity contribution in [1.29, 1.82) is 0 Å². The van der Waals surface area contributed by atoms with Crippen molar-refractivity contribution in [3.05, 3.63) is 33.3 Å². The zero-order valence-corrected chi connectivity index (χ0v) is 11.6. The highest BCUT2D eigenvalue weighted by Gasteiger charge is 2.21. The summed E-state index contributed by atoms with van der Waals surface area (Å²) in [5.74, 6) is -1.09. The molecule has 0 saturated carbocycles. The number of ether oxygens (including phenoxy) is 1. The molecule has 0 spiro atoms. The van der Waals surface area contributed by atoms with Gasteiger partial charge in [0.2, 0.25) is 0 Å². The van der Waals surface area contributed by atoms with Gasteiger partial charge < -0.3 is 4.74 Å². The molecular formula is C11H9FIN3O2.